The second-order valence-corrected chi connectivity index (χ2v) is 6.54. The van der Waals surface area contributed by atoms with Gasteiger partial charge in [0.2, 0.25) is 0 Å². The van der Waals surface area contributed by atoms with Crippen molar-refractivity contribution >= 4 is 22.9 Å². The number of benzene rings is 1. The Bertz CT molecular complexity index is 524. The van der Waals surface area contributed by atoms with Gasteiger partial charge in [-0.25, -0.2) is 0 Å². The number of halogens is 1. The molecule has 2 aromatic rings. The predicted molar refractivity (Wildman–Crippen MR) is 83.6 cm³/mol. The van der Waals surface area contributed by atoms with Crippen LogP contribution in [0.4, 0.5) is 0 Å². The highest BCUT2D eigenvalue weighted by Crippen LogP contribution is 2.23. The Morgan fingerprint density at radius 3 is 2.68 bits per heavy atom. The Balaban J connectivity index is 1.91. The van der Waals surface area contributed by atoms with Crippen molar-refractivity contribution in [3.8, 4) is 0 Å². The van der Waals surface area contributed by atoms with Gasteiger partial charge in [0.25, 0.3) is 0 Å². The molecule has 0 aliphatic carbocycles. The fourth-order valence-electron chi connectivity index (χ4n) is 2.17. The molecule has 0 aliphatic rings. The lowest BCUT2D eigenvalue weighted by Gasteiger charge is -2.15. The second kappa shape index (κ2) is 7.06. The molecule has 4 heteroatoms. The molecule has 1 unspecified atom stereocenters. The molecule has 0 fully saturated rings. The number of rotatable bonds is 6. The Kier molecular flexibility index (Phi) is 5.40. The van der Waals surface area contributed by atoms with Crippen LogP contribution in [0.15, 0.2) is 36.4 Å². The summed E-state index contributed by atoms with van der Waals surface area (Å²) in [4.78, 5) is 1.28. The van der Waals surface area contributed by atoms with Crippen LogP contribution < -0.4 is 11.3 Å². The fraction of sp³-hybridized carbons (Fsp3) is 0.333. The predicted octanol–water partition coefficient (Wildman–Crippen LogP) is 3.72. The molecule has 0 bridgehead atoms. The van der Waals surface area contributed by atoms with Gasteiger partial charge in [0.15, 0.2) is 0 Å². The van der Waals surface area contributed by atoms with E-state index >= 15 is 0 Å². The lowest BCUT2D eigenvalue weighted by Crippen LogP contribution is -2.37. The molecule has 1 atom stereocenters. The number of hydrogen-bond acceptors (Lipinski definition) is 3. The summed E-state index contributed by atoms with van der Waals surface area (Å²) < 4.78 is 0.838. The zero-order valence-corrected chi connectivity index (χ0v) is 12.6. The van der Waals surface area contributed by atoms with Crippen LogP contribution in [0.25, 0.3) is 0 Å². The van der Waals surface area contributed by atoms with Crippen LogP contribution in [0.2, 0.25) is 4.34 Å². The maximum Gasteiger partial charge on any atom is 0.0931 e. The lowest BCUT2D eigenvalue weighted by atomic mass is 9.99. The first kappa shape index (κ1) is 14.5. The first-order valence-corrected chi connectivity index (χ1v) is 7.63. The van der Waals surface area contributed by atoms with Crippen molar-refractivity contribution in [2.45, 2.75) is 32.2 Å². The SMILES string of the molecule is Cc1ccccc1CCC(Cc1ccc(Cl)s1)NN. The van der Waals surface area contributed by atoms with E-state index in [-0.39, 0.29) is 6.04 Å². The van der Waals surface area contributed by atoms with E-state index in [9.17, 15) is 0 Å². The number of thiophene rings is 1. The maximum absolute atomic E-state index is 5.95. The molecule has 1 aromatic carbocycles. The van der Waals surface area contributed by atoms with Crippen molar-refractivity contribution < 1.29 is 0 Å². The summed E-state index contributed by atoms with van der Waals surface area (Å²) in [7, 11) is 0. The van der Waals surface area contributed by atoms with Crippen LogP contribution in [0.5, 0.6) is 0 Å². The topological polar surface area (TPSA) is 38.0 Å². The quantitative estimate of drug-likeness (QED) is 0.629. The standard InChI is InChI=1S/C15H19ClN2S/c1-11-4-2-3-5-12(11)6-7-13(18-17)10-14-8-9-15(16)19-14/h2-5,8-9,13,18H,6-7,10,17H2,1H3. The van der Waals surface area contributed by atoms with Crippen LogP contribution in [0.1, 0.15) is 22.4 Å². The van der Waals surface area contributed by atoms with E-state index in [1.807, 2.05) is 6.07 Å². The molecule has 0 saturated heterocycles. The van der Waals surface area contributed by atoms with Crippen LogP contribution in [0.3, 0.4) is 0 Å². The minimum Gasteiger partial charge on any atom is -0.271 e. The highest BCUT2D eigenvalue weighted by molar-refractivity contribution is 7.16. The molecule has 0 saturated carbocycles. The molecule has 0 radical (unpaired) electrons. The number of aryl methyl sites for hydroxylation is 2. The Morgan fingerprint density at radius 2 is 2.05 bits per heavy atom. The Morgan fingerprint density at radius 1 is 1.26 bits per heavy atom. The Hall–Kier alpha value is -0.870. The van der Waals surface area contributed by atoms with Crippen molar-refractivity contribution in [2.75, 3.05) is 0 Å². The van der Waals surface area contributed by atoms with Gasteiger partial charge < -0.3 is 0 Å². The third kappa shape index (κ3) is 4.32. The van der Waals surface area contributed by atoms with Gasteiger partial charge in [0, 0.05) is 10.9 Å². The molecule has 19 heavy (non-hydrogen) atoms. The first-order valence-electron chi connectivity index (χ1n) is 6.44. The summed E-state index contributed by atoms with van der Waals surface area (Å²) >= 11 is 7.57. The monoisotopic (exact) mass is 294 g/mol. The highest BCUT2D eigenvalue weighted by atomic mass is 35.5. The van der Waals surface area contributed by atoms with E-state index in [1.54, 1.807) is 11.3 Å². The van der Waals surface area contributed by atoms with Crippen molar-refractivity contribution in [1.29, 1.82) is 0 Å². The highest BCUT2D eigenvalue weighted by Gasteiger charge is 2.10. The average Bonchev–Trinajstić information content (AvgIpc) is 2.81. The van der Waals surface area contributed by atoms with E-state index in [4.69, 9.17) is 17.4 Å². The van der Waals surface area contributed by atoms with Gasteiger partial charge in [0.05, 0.1) is 4.34 Å². The van der Waals surface area contributed by atoms with Gasteiger partial charge >= 0.3 is 0 Å². The summed E-state index contributed by atoms with van der Waals surface area (Å²) in [6, 6.07) is 12.8. The second-order valence-electron chi connectivity index (χ2n) is 4.74. The molecule has 0 aliphatic heterocycles. The van der Waals surface area contributed by atoms with Crippen molar-refractivity contribution in [3.05, 3.63) is 56.7 Å². The third-order valence-corrected chi connectivity index (χ3v) is 4.59. The van der Waals surface area contributed by atoms with E-state index in [2.05, 4.69) is 42.7 Å². The van der Waals surface area contributed by atoms with Crippen molar-refractivity contribution in [2.24, 2.45) is 5.84 Å². The molecule has 3 N–H and O–H groups in total. The third-order valence-electron chi connectivity index (χ3n) is 3.34. The fourth-order valence-corrected chi connectivity index (χ4v) is 3.34. The van der Waals surface area contributed by atoms with Crippen LogP contribution >= 0.6 is 22.9 Å². The summed E-state index contributed by atoms with van der Waals surface area (Å²) in [6.07, 6.45) is 3.00. The van der Waals surface area contributed by atoms with E-state index in [1.165, 1.54) is 16.0 Å². The van der Waals surface area contributed by atoms with E-state index < -0.39 is 0 Å². The summed E-state index contributed by atoms with van der Waals surface area (Å²) in [5, 5.41) is 0. The normalized spacial score (nSPS) is 12.6. The zero-order valence-electron chi connectivity index (χ0n) is 11.0. The van der Waals surface area contributed by atoms with Gasteiger partial charge in [-0.1, -0.05) is 35.9 Å². The number of hydrazine groups is 1. The molecular weight excluding hydrogens is 276 g/mol. The van der Waals surface area contributed by atoms with Gasteiger partial charge in [-0.2, -0.15) is 0 Å². The van der Waals surface area contributed by atoms with Crippen molar-refractivity contribution in [1.82, 2.24) is 5.43 Å². The minimum absolute atomic E-state index is 0.286. The molecule has 0 spiro atoms. The molecule has 1 aromatic heterocycles. The van der Waals surface area contributed by atoms with Crippen molar-refractivity contribution in [3.63, 3.8) is 0 Å². The molecular formula is C15H19ClN2S. The number of nitrogens with two attached hydrogens (primary N) is 1. The van der Waals surface area contributed by atoms with Gasteiger partial charge in [-0.05, 0) is 49.4 Å². The summed E-state index contributed by atoms with van der Waals surface area (Å²) in [5.74, 6) is 5.65. The largest absolute Gasteiger partial charge is 0.271 e. The van der Waals surface area contributed by atoms with Crippen LogP contribution in [-0.2, 0) is 12.8 Å². The van der Waals surface area contributed by atoms with Gasteiger partial charge in [-0.15, -0.1) is 11.3 Å². The lowest BCUT2D eigenvalue weighted by molar-refractivity contribution is 0.494. The maximum atomic E-state index is 5.95. The summed E-state index contributed by atoms with van der Waals surface area (Å²) in [6.45, 7) is 2.15. The van der Waals surface area contributed by atoms with Crippen LogP contribution in [-0.4, -0.2) is 6.04 Å². The van der Waals surface area contributed by atoms with Crippen LogP contribution in [0, 0.1) is 6.92 Å². The number of nitrogens with one attached hydrogen (secondary N) is 1. The molecule has 2 nitrogen and oxygen atoms in total. The molecule has 102 valence electrons. The first-order chi connectivity index (χ1) is 9.19. The molecule has 0 amide bonds. The zero-order chi connectivity index (χ0) is 13.7. The molecule has 2 rings (SSSR count). The average molecular weight is 295 g/mol. The summed E-state index contributed by atoms with van der Waals surface area (Å²) in [5.41, 5.74) is 5.65. The smallest absolute Gasteiger partial charge is 0.0931 e. The minimum atomic E-state index is 0.286. The number of hydrogen-bond donors (Lipinski definition) is 2. The van der Waals surface area contributed by atoms with Gasteiger partial charge in [0.1, 0.15) is 0 Å². The van der Waals surface area contributed by atoms with E-state index in [0.717, 1.165) is 23.6 Å². The molecule has 1 heterocycles. The van der Waals surface area contributed by atoms with Gasteiger partial charge in [-0.3, -0.25) is 11.3 Å². The Labute approximate surface area is 123 Å². The van der Waals surface area contributed by atoms with E-state index in [0.29, 0.717) is 0 Å².